The molecular weight excluding hydrogens is 470 g/mol. The molecule has 1 aromatic heterocycles. The van der Waals surface area contributed by atoms with Crippen LogP contribution in [0.3, 0.4) is 0 Å². The van der Waals surface area contributed by atoms with Crippen LogP contribution < -0.4 is 19.5 Å². The molecule has 0 radical (unpaired) electrons. The van der Waals surface area contributed by atoms with Gasteiger partial charge in [-0.25, -0.2) is 4.79 Å². The summed E-state index contributed by atoms with van der Waals surface area (Å²) in [7, 11) is 0. The maximum Gasteiger partial charge on any atom is 0.417 e. The van der Waals surface area contributed by atoms with E-state index < -0.39 is 6.09 Å². The molecule has 0 saturated heterocycles. The van der Waals surface area contributed by atoms with Crippen LogP contribution in [-0.4, -0.2) is 28.3 Å². The molecule has 0 aliphatic rings. The normalized spacial score (nSPS) is 10.6. The number of benzene rings is 4. The first-order valence-electron chi connectivity index (χ1n) is 11.6. The van der Waals surface area contributed by atoms with Crippen LogP contribution in [0.15, 0.2) is 109 Å². The molecular formula is C29H23N3O5. The molecule has 0 bridgehead atoms. The van der Waals surface area contributed by atoms with Crippen molar-refractivity contribution in [1.82, 2.24) is 9.78 Å². The smallest absolute Gasteiger partial charge is 0.417 e. The van der Waals surface area contributed by atoms with Crippen molar-refractivity contribution in [2.45, 2.75) is 6.54 Å². The fraction of sp³-hybridized carbons (Fsp3) is 0.0690. The minimum absolute atomic E-state index is 0.0571. The van der Waals surface area contributed by atoms with Crippen LogP contribution in [0.4, 0.5) is 10.5 Å². The van der Waals surface area contributed by atoms with E-state index in [9.17, 15) is 9.59 Å². The number of aromatic nitrogens is 2. The van der Waals surface area contributed by atoms with Crippen LogP contribution in [0.5, 0.6) is 23.0 Å². The Kier molecular flexibility index (Phi) is 7.08. The summed E-state index contributed by atoms with van der Waals surface area (Å²) in [6, 6.07) is 30.7. The van der Waals surface area contributed by atoms with Crippen LogP contribution in [0, 0.1) is 0 Å². The van der Waals surface area contributed by atoms with Crippen molar-refractivity contribution in [2.24, 2.45) is 0 Å². The lowest BCUT2D eigenvalue weighted by molar-refractivity contribution is -0.121. The molecule has 0 saturated carbocycles. The molecule has 5 aromatic rings. The van der Waals surface area contributed by atoms with E-state index in [0.717, 1.165) is 16.7 Å². The van der Waals surface area contributed by atoms with Crippen LogP contribution in [0.1, 0.15) is 0 Å². The second-order valence-electron chi connectivity index (χ2n) is 8.12. The third-order valence-electron chi connectivity index (χ3n) is 5.37. The standard InChI is InChI=1S/C29H23N3O5/c33-23(20-35-24-12-14-27(15-13-24)36-25-7-3-1-4-8-25)19-32-28-16-11-22(17-21(28)18-30-32)31-29(34)37-26-9-5-2-6-10-26/h1-18H,19-20H2,(H,31,34). The highest BCUT2D eigenvalue weighted by Crippen LogP contribution is 2.24. The summed E-state index contributed by atoms with van der Waals surface area (Å²) in [4.78, 5) is 24.7. The molecule has 5 rings (SSSR count). The molecule has 1 heterocycles. The average molecular weight is 494 g/mol. The van der Waals surface area contributed by atoms with E-state index >= 15 is 0 Å². The van der Waals surface area contributed by atoms with Gasteiger partial charge >= 0.3 is 6.09 Å². The Morgan fingerprint density at radius 3 is 2.14 bits per heavy atom. The lowest BCUT2D eigenvalue weighted by Crippen LogP contribution is -2.18. The summed E-state index contributed by atoms with van der Waals surface area (Å²) in [5.74, 6) is 2.30. The summed E-state index contributed by atoms with van der Waals surface area (Å²) >= 11 is 0. The lowest BCUT2D eigenvalue weighted by atomic mass is 10.2. The number of hydrogen-bond acceptors (Lipinski definition) is 6. The van der Waals surface area contributed by atoms with Gasteiger partial charge in [0.2, 0.25) is 0 Å². The van der Waals surface area contributed by atoms with Crippen LogP contribution in [-0.2, 0) is 11.3 Å². The van der Waals surface area contributed by atoms with Crippen molar-refractivity contribution < 1.29 is 23.8 Å². The number of ketones is 1. The number of nitrogens with one attached hydrogen (secondary N) is 1. The van der Waals surface area contributed by atoms with E-state index in [-0.39, 0.29) is 18.9 Å². The van der Waals surface area contributed by atoms with E-state index in [1.807, 2.05) is 36.4 Å². The lowest BCUT2D eigenvalue weighted by Gasteiger charge is -2.09. The van der Waals surface area contributed by atoms with Crippen molar-refractivity contribution in [3.05, 3.63) is 109 Å². The van der Waals surface area contributed by atoms with Gasteiger partial charge in [-0.1, -0.05) is 36.4 Å². The molecule has 1 N–H and O–H groups in total. The zero-order chi connectivity index (χ0) is 25.5. The molecule has 37 heavy (non-hydrogen) atoms. The second kappa shape index (κ2) is 11.1. The number of hydrogen-bond donors (Lipinski definition) is 1. The molecule has 184 valence electrons. The molecule has 0 fully saturated rings. The van der Waals surface area contributed by atoms with Gasteiger partial charge in [-0.3, -0.25) is 14.8 Å². The van der Waals surface area contributed by atoms with Crippen molar-refractivity contribution >= 4 is 28.5 Å². The van der Waals surface area contributed by atoms with Crippen molar-refractivity contribution in [2.75, 3.05) is 11.9 Å². The van der Waals surface area contributed by atoms with Gasteiger partial charge in [0, 0.05) is 11.1 Å². The first-order chi connectivity index (χ1) is 18.1. The summed E-state index contributed by atoms with van der Waals surface area (Å²) in [5, 5.41) is 7.78. The number of para-hydroxylation sites is 2. The first kappa shape index (κ1) is 23.6. The number of fused-ring (bicyclic) bond motifs is 1. The Morgan fingerprint density at radius 2 is 1.41 bits per heavy atom. The maximum atomic E-state index is 12.5. The molecule has 8 nitrogen and oxygen atoms in total. The number of amides is 1. The first-order valence-corrected chi connectivity index (χ1v) is 11.6. The predicted octanol–water partition coefficient (Wildman–Crippen LogP) is 6.09. The molecule has 1 amide bonds. The number of carbonyl (C=O) groups excluding carboxylic acids is 2. The van der Waals surface area contributed by atoms with Gasteiger partial charge in [-0.2, -0.15) is 5.10 Å². The quantitative estimate of drug-likeness (QED) is 0.267. The van der Waals surface area contributed by atoms with E-state index in [1.54, 1.807) is 77.6 Å². The minimum Gasteiger partial charge on any atom is -0.486 e. The summed E-state index contributed by atoms with van der Waals surface area (Å²) in [6.45, 7) is -0.0350. The fourth-order valence-electron chi connectivity index (χ4n) is 3.63. The Labute approximate surface area is 213 Å². The SMILES string of the molecule is O=C(COc1ccc(Oc2ccccc2)cc1)Cn1ncc2cc(NC(=O)Oc3ccccc3)ccc21. The molecule has 0 unspecified atom stereocenters. The fourth-order valence-corrected chi connectivity index (χ4v) is 3.63. The number of carbonyl (C=O) groups is 2. The molecule has 8 heteroatoms. The van der Waals surface area contributed by atoms with Gasteiger partial charge in [0.15, 0.2) is 5.78 Å². The Balaban J connectivity index is 1.13. The highest BCUT2D eigenvalue weighted by molar-refractivity contribution is 5.91. The zero-order valence-corrected chi connectivity index (χ0v) is 19.7. The van der Waals surface area contributed by atoms with Gasteiger partial charge in [0.1, 0.15) is 36.1 Å². The minimum atomic E-state index is -0.593. The molecule has 0 aliphatic carbocycles. The topological polar surface area (TPSA) is 91.7 Å². The highest BCUT2D eigenvalue weighted by atomic mass is 16.6. The summed E-state index contributed by atoms with van der Waals surface area (Å²) in [6.07, 6.45) is 1.05. The number of ether oxygens (including phenoxy) is 3. The number of nitrogens with zero attached hydrogens (tertiary/aromatic N) is 2. The van der Waals surface area contributed by atoms with E-state index in [1.165, 1.54) is 0 Å². The van der Waals surface area contributed by atoms with Gasteiger partial charge in [0.05, 0.1) is 11.7 Å². The van der Waals surface area contributed by atoms with E-state index in [2.05, 4.69) is 10.4 Å². The molecule has 4 aromatic carbocycles. The van der Waals surface area contributed by atoms with Crippen LogP contribution in [0.25, 0.3) is 10.9 Å². The van der Waals surface area contributed by atoms with Gasteiger partial charge in [-0.05, 0) is 66.7 Å². The second-order valence-corrected chi connectivity index (χ2v) is 8.12. The largest absolute Gasteiger partial charge is 0.486 e. The Morgan fingerprint density at radius 1 is 0.757 bits per heavy atom. The van der Waals surface area contributed by atoms with Crippen LogP contribution >= 0.6 is 0 Å². The van der Waals surface area contributed by atoms with E-state index in [4.69, 9.17) is 14.2 Å². The molecule has 0 atom stereocenters. The Bertz CT molecular complexity index is 1500. The zero-order valence-electron chi connectivity index (χ0n) is 19.7. The molecule has 0 aliphatic heterocycles. The predicted molar refractivity (Wildman–Crippen MR) is 139 cm³/mol. The highest BCUT2D eigenvalue weighted by Gasteiger charge is 2.11. The Hall–Kier alpha value is -5.11. The molecule has 0 spiro atoms. The average Bonchev–Trinajstić information content (AvgIpc) is 3.31. The van der Waals surface area contributed by atoms with Gasteiger partial charge in [-0.15, -0.1) is 0 Å². The van der Waals surface area contributed by atoms with Gasteiger partial charge < -0.3 is 14.2 Å². The summed E-state index contributed by atoms with van der Waals surface area (Å²) in [5.41, 5.74) is 1.32. The van der Waals surface area contributed by atoms with Crippen molar-refractivity contribution in [3.8, 4) is 23.0 Å². The number of anilines is 1. The number of rotatable bonds is 9. The van der Waals surface area contributed by atoms with Gasteiger partial charge in [0.25, 0.3) is 0 Å². The maximum absolute atomic E-state index is 12.5. The van der Waals surface area contributed by atoms with Crippen molar-refractivity contribution in [1.29, 1.82) is 0 Å². The van der Waals surface area contributed by atoms with Crippen LogP contribution in [0.2, 0.25) is 0 Å². The third-order valence-corrected chi connectivity index (χ3v) is 5.37. The van der Waals surface area contributed by atoms with E-state index in [0.29, 0.717) is 22.9 Å². The monoisotopic (exact) mass is 493 g/mol. The third kappa shape index (κ3) is 6.32. The summed E-state index contributed by atoms with van der Waals surface area (Å²) < 4.78 is 18.2. The van der Waals surface area contributed by atoms with Crippen molar-refractivity contribution in [3.63, 3.8) is 0 Å². The number of Topliss-reactive ketones (excluding diaryl/α,β-unsaturated/α-hetero) is 1.